The number of esters is 1. The summed E-state index contributed by atoms with van der Waals surface area (Å²) in [6, 6.07) is 15.1. The molecule has 0 bridgehead atoms. The second kappa shape index (κ2) is 14.8. The molecule has 40 heavy (non-hydrogen) atoms. The molecule has 1 fully saturated rings. The molecule has 1 saturated heterocycles. The van der Waals surface area contributed by atoms with Crippen molar-refractivity contribution < 1.29 is 23.9 Å². The van der Waals surface area contributed by atoms with Crippen LogP contribution in [0.3, 0.4) is 0 Å². The highest BCUT2D eigenvalue weighted by molar-refractivity contribution is 5.94. The molecular formula is C31H38N4O5. The predicted octanol–water partition coefficient (Wildman–Crippen LogP) is 2.96. The van der Waals surface area contributed by atoms with Crippen LogP contribution in [0.15, 0.2) is 54.6 Å². The number of hydrogen-bond acceptors (Lipinski definition) is 6. The lowest BCUT2D eigenvalue weighted by atomic mass is 9.95. The van der Waals surface area contributed by atoms with E-state index in [1.807, 2.05) is 37.3 Å². The van der Waals surface area contributed by atoms with Gasteiger partial charge in [-0.2, -0.15) is 5.26 Å². The van der Waals surface area contributed by atoms with Gasteiger partial charge >= 0.3 is 5.97 Å². The standard InChI is InChI=1S/C31H38N4O5/c1-4-5-9-20(2)27-18-28(36)34-25(16-22-10-7-6-8-11-22)30(38)33-21(3)29(37)35-26(31(39)40-27)17-23-12-14-24(19-32)15-13-23/h6-8,10-15,20-21,25-27H,4-5,9,16-18H2,1-3H3,(H,33,38)(H,34,36)(H,35,37)/t20-,21+,25+,26+,27+/m0/s1. The van der Waals surface area contributed by atoms with Crippen molar-refractivity contribution in [3.05, 3.63) is 71.3 Å². The maximum Gasteiger partial charge on any atom is 0.329 e. The highest BCUT2D eigenvalue weighted by Gasteiger charge is 2.33. The maximum atomic E-state index is 13.5. The van der Waals surface area contributed by atoms with Crippen LogP contribution in [0.25, 0.3) is 0 Å². The molecule has 0 aliphatic carbocycles. The van der Waals surface area contributed by atoms with Crippen molar-refractivity contribution in [2.75, 3.05) is 0 Å². The van der Waals surface area contributed by atoms with Crippen LogP contribution in [0, 0.1) is 17.2 Å². The highest BCUT2D eigenvalue weighted by Crippen LogP contribution is 2.20. The van der Waals surface area contributed by atoms with Gasteiger partial charge in [0.1, 0.15) is 24.2 Å². The van der Waals surface area contributed by atoms with Gasteiger partial charge in [-0.15, -0.1) is 0 Å². The van der Waals surface area contributed by atoms with Crippen molar-refractivity contribution in [3.63, 3.8) is 0 Å². The Balaban J connectivity index is 1.91. The number of cyclic esters (lactones) is 1. The summed E-state index contributed by atoms with van der Waals surface area (Å²) >= 11 is 0. The number of nitriles is 1. The Bertz CT molecular complexity index is 1210. The number of amides is 3. The van der Waals surface area contributed by atoms with Crippen molar-refractivity contribution in [2.45, 2.75) is 83.5 Å². The third kappa shape index (κ3) is 8.94. The number of nitrogens with zero attached hydrogens (tertiary/aromatic N) is 1. The van der Waals surface area contributed by atoms with Crippen LogP contribution in [-0.4, -0.2) is 47.9 Å². The second-order valence-corrected chi connectivity index (χ2v) is 10.4. The van der Waals surface area contributed by atoms with E-state index in [0.717, 1.165) is 30.4 Å². The Kier molecular flexibility index (Phi) is 11.2. The zero-order valence-electron chi connectivity index (χ0n) is 23.3. The minimum Gasteiger partial charge on any atom is -0.460 e. The second-order valence-electron chi connectivity index (χ2n) is 10.4. The molecule has 0 unspecified atom stereocenters. The number of carbonyl (C=O) groups is 4. The molecule has 9 nitrogen and oxygen atoms in total. The number of benzene rings is 2. The summed E-state index contributed by atoms with van der Waals surface area (Å²) in [5, 5.41) is 17.3. The monoisotopic (exact) mass is 546 g/mol. The molecule has 2 aromatic carbocycles. The average Bonchev–Trinajstić information content (AvgIpc) is 2.95. The van der Waals surface area contributed by atoms with E-state index >= 15 is 0 Å². The summed E-state index contributed by atoms with van der Waals surface area (Å²) in [5.74, 6) is -2.23. The van der Waals surface area contributed by atoms with Crippen LogP contribution < -0.4 is 16.0 Å². The van der Waals surface area contributed by atoms with Crippen LogP contribution in [0.4, 0.5) is 0 Å². The van der Waals surface area contributed by atoms with Gasteiger partial charge in [-0.1, -0.05) is 69.2 Å². The Labute approximate surface area is 235 Å². The van der Waals surface area contributed by atoms with E-state index in [-0.39, 0.29) is 25.2 Å². The quantitative estimate of drug-likeness (QED) is 0.436. The van der Waals surface area contributed by atoms with Crippen LogP contribution in [0.5, 0.6) is 0 Å². The van der Waals surface area contributed by atoms with Gasteiger partial charge in [0.15, 0.2) is 0 Å². The van der Waals surface area contributed by atoms with Crippen LogP contribution in [0.1, 0.15) is 63.1 Å². The first kappa shape index (κ1) is 30.4. The average molecular weight is 547 g/mol. The topological polar surface area (TPSA) is 137 Å². The fourth-order valence-corrected chi connectivity index (χ4v) is 4.62. The third-order valence-electron chi connectivity index (χ3n) is 7.11. The molecule has 0 saturated carbocycles. The van der Waals surface area contributed by atoms with Crippen LogP contribution in [0.2, 0.25) is 0 Å². The minimum atomic E-state index is -1.05. The van der Waals surface area contributed by atoms with Crippen LogP contribution in [-0.2, 0) is 36.8 Å². The summed E-state index contributed by atoms with van der Waals surface area (Å²) in [4.78, 5) is 53.0. The Morgan fingerprint density at radius 1 is 0.900 bits per heavy atom. The number of rotatable bonds is 8. The molecule has 3 rings (SSSR count). The molecule has 9 heteroatoms. The number of hydrogen-bond donors (Lipinski definition) is 3. The van der Waals surface area contributed by atoms with Gasteiger partial charge in [0.05, 0.1) is 18.1 Å². The van der Waals surface area contributed by atoms with Crippen molar-refractivity contribution >= 4 is 23.7 Å². The van der Waals surface area contributed by atoms with E-state index in [1.165, 1.54) is 6.92 Å². The van der Waals surface area contributed by atoms with Crippen molar-refractivity contribution in [1.29, 1.82) is 5.26 Å². The minimum absolute atomic E-state index is 0.109. The molecule has 212 valence electrons. The molecule has 5 atom stereocenters. The van der Waals surface area contributed by atoms with E-state index in [2.05, 4.69) is 28.9 Å². The molecule has 1 aliphatic rings. The molecule has 0 radical (unpaired) electrons. The lowest BCUT2D eigenvalue weighted by Crippen LogP contribution is -2.55. The summed E-state index contributed by atoms with van der Waals surface area (Å²) < 4.78 is 5.91. The number of nitrogens with one attached hydrogen (secondary N) is 3. The van der Waals surface area contributed by atoms with Gasteiger partial charge in [0.25, 0.3) is 0 Å². The predicted molar refractivity (Wildman–Crippen MR) is 150 cm³/mol. The zero-order valence-corrected chi connectivity index (χ0v) is 23.3. The van der Waals surface area contributed by atoms with E-state index in [1.54, 1.807) is 24.3 Å². The molecule has 3 N–H and O–H groups in total. The largest absolute Gasteiger partial charge is 0.460 e. The highest BCUT2D eigenvalue weighted by atomic mass is 16.5. The Hall–Kier alpha value is -4.19. The van der Waals surface area contributed by atoms with Crippen molar-refractivity contribution in [2.24, 2.45) is 5.92 Å². The summed E-state index contributed by atoms with van der Waals surface area (Å²) in [5.41, 5.74) is 2.05. The lowest BCUT2D eigenvalue weighted by Gasteiger charge is -2.27. The number of ether oxygens (including phenoxy) is 1. The van der Waals surface area contributed by atoms with Crippen molar-refractivity contribution in [3.8, 4) is 6.07 Å². The fraction of sp³-hybridized carbons (Fsp3) is 0.452. The molecule has 1 aliphatic heterocycles. The lowest BCUT2D eigenvalue weighted by molar-refractivity contribution is -0.157. The first-order chi connectivity index (χ1) is 19.2. The van der Waals surface area contributed by atoms with Gasteiger partial charge in [0, 0.05) is 12.8 Å². The zero-order chi connectivity index (χ0) is 29.1. The van der Waals surface area contributed by atoms with Gasteiger partial charge in [-0.05, 0) is 42.5 Å². The smallest absolute Gasteiger partial charge is 0.329 e. The first-order valence-corrected chi connectivity index (χ1v) is 13.8. The van der Waals surface area contributed by atoms with Gasteiger partial charge in [-0.3, -0.25) is 14.4 Å². The van der Waals surface area contributed by atoms with Crippen molar-refractivity contribution in [1.82, 2.24) is 16.0 Å². The number of carbonyl (C=O) groups excluding carboxylic acids is 4. The van der Waals surface area contributed by atoms with E-state index < -0.39 is 47.9 Å². The molecule has 3 amide bonds. The number of unbranched alkanes of at least 4 members (excludes halogenated alkanes) is 1. The Morgan fingerprint density at radius 3 is 2.20 bits per heavy atom. The molecule has 2 aromatic rings. The molecule has 0 aromatic heterocycles. The maximum absolute atomic E-state index is 13.5. The summed E-state index contributed by atoms with van der Waals surface area (Å²) in [6.07, 6.45) is 2.12. The van der Waals surface area contributed by atoms with Gasteiger partial charge in [-0.25, -0.2) is 4.79 Å². The summed E-state index contributed by atoms with van der Waals surface area (Å²) in [7, 11) is 0. The fourth-order valence-electron chi connectivity index (χ4n) is 4.62. The van der Waals surface area contributed by atoms with Gasteiger partial charge in [0.2, 0.25) is 17.7 Å². The summed E-state index contributed by atoms with van der Waals surface area (Å²) in [6.45, 7) is 5.52. The molecular weight excluding hydrogens is 508 g/mol. The SMILES string of the molecule is CCCC[C@H](C)[C@H]1CC(=O)N[C@H](Cc2ccccc2)C(=O)N[C@H](C)C(=O)N[C@H](Cc2ccc(C#N)cc2)C(=O)O1. The van der Waals surface area contributed by atoms with E-state index in [9.17, 15) is 19.2 Å². The molecule has 1 heterocycles. The van der Waals surface area contributed by atoms with Crippen LogP contribution >= 0.6 is 0 Å². The normalized spacial score (nSPS) is 23.1. The van der Waals surface area contributed by atoms with E-state index in [4.69, 9.17) is 10.00 Å². The first-order valence-electron chi connectivity index (χ1n) is 13.8. The molecule has 0 spiro atoms. The third-order valence-corrected chi connectivity index (χ3v) is 7.11. The van der Waals surface area contributed by atoms with Gasteiger partial charge < -0.3 is 20.7 Å². The Morgan fingerprint density at radius 2 is 1.55 bits per heavy atom. The van der Waals surface area contributed by atoms with E-state index in [0.29, 0.717) is 5.56 Å².